The van der Waals surface area contributed by atoms with Crippen molar-refractivity contribution in [3.63, 3.8) is 0 Å². The summed E-state index contributed by atoms with van der Waals surface area (Å²) in [6.07, 6.45) is 0. The summed E-state index contributed by atoms with van der Waals surface area (Å²) < 4.78 is 62.0. The molecule has 0 saturated heterocycles. The highest BCUT2D eigenvalue weighted by Crippen LogP contribution is 2.13. The van der Waals surface area contributed by atoms with Crippen LogP contribution < -0.4 is 5.43 Å². The van der Waals surface area contributed by atoms with Crippen molar-refractivity contribution in [2.75, 3.05) is 0 Å². The molecule has 0 amide bonds. The lowest BCUT2D eigenvalue weighted by molar-refractivity contribution is 1.48. The summed E-state index contributed by atoms with van der Waals surface area (Å²) in [4.78, 5) is 15.2. The number of nitrogens with one attached hydrogen (secondary N) is 1. The van der Waals surface area contributed by atoms with Crippen molar-refractivity contribution >= 4 is 21.8 Å². The molecule has 0 spiro atoms. The third-order valence-electron chi connectivity index (χ3n) is 2.08. The Morgan fingerprint density at radius 3 is 1.87 bits per heavy atom. The average Bonchev–Trinajstić information content (AvgIpc) is 2.53. The Morgan fingerprint density at radius 2 is 1.33 bits per heavy atom. The van der Waals surface area contributed by atoms with Crippen LogP contribution in [0.1, 0.15) is 11.0 Å². The van der Waals surface area contributed by atoms with Crippen molar-refractivity contribution < 1.29 is 11.0 Å². The lowest BCUT2D eigenvalue weighted by atomic mass is 10.1. The summed E-state index contributed by atoms with van der Waals surface area (Å²) in [5.74, 6) is 0. The molecule has 72 valence electrons. The van der Waals surface area contributed by atoms with E-state index < -0.39 is 53.8 Å². The van der Waals surface area contributed by atoms with Gasteiger partial charge in [0.15, 0.2) is 5.43 Å². The second-order valence-corrected chi connectivity index (χ2v) is 2.95. The second kappa shape index (κ2) is 2.95. The maximum Gasteiger partial charge on any atom is 0.197 e. The smallest absolute Gasteiger partial charge is 0.197 e. The van der Waals surface area contributed by atoms with Gasteiger partial charge in [-0.1, -0.05) is 24.2 Å². The van der Waals surface area contributed by atoms with Crippen LogP contribution in [0.5, 0.6) is 0 Å². The molecule has 2 nitrogen and oxygen atoms in total. The van der Waals surface area contributed by atoms with Crippen LogP contribution in [0.25, 0.3) is 21.8 Å². The van der Waals surface area contributed by atoms with E-state index >= 15 is 0 Å². The normalized spacial score (nSPS) is 18.4. The van der Waals surface area contributed by atoms with Gasteiger partial charge in [-0.2, -0.15) is 0 Å². The minimum absolute atomic E-state index is 0.182. The lowest BCUT2D eigenvalue weighted by Crippen LogP contribution is -2.03. The lowest BCUT2D eigenvalue weighted by Gasteiger charge is -2.01. The van der Waals surface area contributed by atoms with Crippen LogP contribution in [0, 0.1) is 0 Å². The molecule has 0 aliphatic heterocycles. The van der Waals surface area contributed by atoms with E-state index in [0.29, 0.717) is 0 Å². The van der Waals surface area contributed by atoms with E-state index in [0.717, 1.165) is 0 Å². The van der Waals surface area contributed by atoms with Crippen LogP contribution in [0.4, 0.5) is 0 Å². The second-order valence-electron chi connectivity index (χ2n) is 2.95. The van der Waals surface area contributed by atoms with Gasteiger partial charge in [-0.25, -0.2) is 0 Å². The first kappa shape index (κ1) is 3.49. The molecule has 0 atom stereocenters. The topological polar surface area (TPSA) is 32.9 Å². The molecule has 2 aromatic carbocycles. The Balaban J connectivity index is 2.77. The molecule has 0 bridgehead atoms. The molecule has 0 unspecified atom stereocenters. The largest absolute Gasteiger partial charge is 0.354 e. The fraction of sp³-hybridized carbons (Fsp3) is 0. The van der Waals surface area contributed by atoms with Gasteiger partial charge in [-0.3, -0.25) is 4.79 Å². The predicted octanol–water partition coefficient (Wildman–Crippen LogP) is 2.68. The van der Waals surface area contributed by atoms with Gasteiger partial charge in [0.2, 0.25) is 0 Å². The summed E-state index contributed by atoms with van der Waals surface area (Å²) in [6, 6.07) is -4.23. The number of aromatic amines is 1. The van der Waals surface area contributed by atoms with Crippen molar-refractivity contribution in [3.8, 4) is 0 Å². The van der Waals surface area contributed by atoms with E-state index in [9.17, 15) is 4.79 Å². The number of para-hydroxylation sites is 2. The molecule has 1 N–H and O–H groups in total. The first-order chi connectivity index (χ1) is 10.7. The first-order valence-electron chi connectivity index (χ1n) is 8.20. The van der Waals surface area contributed by atoms with Gasteiger partial charge >= 0.3 is 0 Å². The number of aromatic nitrogens is 1. The molecular formula is C13H9NO. The maximum absolute atomic E-state index is 12.6. The third-order valence-corrected chi connectivity index (χ3v) is 2.08. The summed E-state index contributed by atoms with van der Waals surface area (Å²) in [5, 5.41) is -0.651. The van der Waals surface area contributed by atoms with Crippen LogP contribution in [0.15, 0.2) is 53.1 Å². The van der Waals surface area contributed by atoms with Gasteiger partial charge in [0.05, 0.1) is 11.0 Å². The van der Waals surface area contributed by atoms with Crippen molar-refractivity contribution in [2.24, 2.45) is 0 Å². The van der Waals surface area contributed by atoms with Crippen LogP contribution >= 0.6 is 0 Å². The van der Waals surface area contributed by atoms with Gasteiger partial charge in [-0.05, 0) is 24.2 Å². The molecule has 2 heteroatoms. The zero-order valence-electron chi connectivity index (χ0n) is 15.4. The number of hydrogen-bond donors (Lipinski definition) is 1. The van der Waals surface area contributed by atoms with Crippen molar-refractivity contribution in [1.29, 1.82) is 0 Å². The highest BCUT2D eigenvalue weighted by atomic mass is 16.1. The zero-order chi connectivity index (χ0) is 17.2. The van der Waals surface area contributed by atoms with Crippen LogP contribution in [0.2, 0.25) is 0 Å². The Hall–Kier alpha value is -2.09. The summed E-state index contributed by atoms with van der Waals surface area (Å²) in [6.45, 7) is 0. The predicted molar refractivity (Wildman–Crippen MR) is 62.1 cm³/mol. The minimum atomic E-state index is -0.854. The molecule has 1 aromatic heterocycles. The molecule has 15 heavy (non-hydrogen) atoms. The molecule has 0 aliphatic rings. The van der Waals surface area contributed by atoms with Crippen LogP contribution in [-0.2, 0) is 0 Å². The van der Waals surface area contributed by atoms with E-state index in [-0.39, 0.29) is 21.8 Å². The van der Waals surface area contributed by atoms with Crippen molar-refractivity contribution in [3.05, 3.63) is 58.6 Å². The van der Waals surface area contributed by atoms with Gasteiger partial charge in [0.1, 0.15) is 0 Å². The quantitative estimate of drug-likeness (QED) is 0.560. The highest BCUT2D eigenvalue weighted by molar-refractivity contribution is 5.92. The zero-order valence-corrected chi connectivity index (χ0v) is 7.41. The fourth-order valence-electron chi connectivity index (χ4n) is 1.40. The molecule has 3 rings (SSSR count). The average molecular weight is 203 g/mol. The number of fused-ring (bicyclic) bond motifs is 2. The standard InChI is InChI=1S/C13H9NO/c15-13-9-5-1-3-7-11(9)14-12-8-4-2-6-10(12)13/h1-8H,(H,14,15)/i1D,2D,3D,4D,5D,6D,7D,8D. The number of hydrogen-bond acceptors (Lipinski definition) is 1. The SMILES string of the molecule is [2H]c1c([2H])c([2H])c2c(=O)c3c([2H])c([2H])c([2H])c([2H])c3[nH]c2c1[2H]. The first-order valence-corrected chi connectivity index (χ1v) is 4.20. The summed E-state index contributed by atoms with van der Waals surface area (Å²) in [7, 11) is 0. The molecular weight excluding hydrogens is 186 g/mol. The Kier molecular flexibility index (Phi) is 0.687. The molecule has 1 heterocycles. The molecule has 3 aromatic rings. The van der Waals surface area contributed by atoms with Gasteiger partial charge in [0, 0.05) is 21.8 Å². The molecule has 0 saturated carbocycles. The summed E-state index contributed by atoms with van der Waals surface area (Å²) >= 11 is 0. The van der Waals surface area contributed by atoms with Crippen molar-refractivity contribution in [1.82, 2.24) is 4.98 Å². The van der Waals surface area contributed by atoms with E-state index in [1.165, 1.54) is 0 Å². The maximum atomic E-state index is 12.6. The van der Waals surface area contributed by atoms with E-state index in [1.807, 2.05) is 0 Å². The van der Waals surface area contributed by atoms with Crippen LogP contribution in [0.3, 0.4) is 0 Å². The fourth-order valence-corrected chi connectivity index (χ4v) is 1.40. The third kappa shape index (κ3) is 1.15. The van der Waals surface area contributed by atoms with E-state index in [2.05, 4.69) is 4.98 Å². The molecule has 0 radical (unpaired) electrons. The Morgan fingerprint density at radius 1 is 0.867 bits per heavy atom. The Bertz CT molecular complexity index is 991. The molecule has 0 fully saturated rings. The number of H-pyrrole nitrogens is 1. The van der Waals surface area contributed by atoms with Crippen molar-refractivity contribution in [2.45, 2.75) is 0 Å². The number of benzene rings is 2. The van der Waals surface area contributed by atoms with E-state index in [4.69, 9.17) is 11.0 Å². The van der Waals surface area contributed by atoms with E-state index in [1.54, 1.807) is 0 Å². The van der Waals surface area contributed by atoms with Gasteiger partial charge < -0.3 is 4.98 Å². The number of rotatable bonds is 0. The summed E-state index contributed by atoms with van der Waals surface area (Å²) in [5.41, 5.74) is -1.22. The highest BCUT2D eigenvalue weighted by Gasteiger charge is 2.02. The van der Waals surface area contributed by atoms with Crippen LogP contribution in [-0.4, -0.2) is 4.98 Å². The molecule has 0 aliphatic carbocycles. The van der Waals surface area contributed by atoms with Gasteiger partial charge in [0.25, 0.3) is 0 Å². The monoisotopic (exact) mass is 203 g/mol. The van der Waals surface area contributed by atoms with Gasteiger partial charge in [-0.15, -0.1) is 0 Å². The minimum Gasteiger partial charge on any atom is -0.354 e. The Labute approximate surface area is 97.4 Å². The number of pyridine rings is 1.